The Morgan fingerprint density at radius 3 is 2.77 bits per heavy atom. The topological polar surface area (TPSA) is 99.1 Å². The molecule has 4 rings (SSSR count). The number of benzene rings is 1. The van der Waals surface area contributed by atoms with Crippen LogP contribution in [0.3, 0.4) is 0 Å². The van der Waals surface area contributed by atoms with Crippen LogP contribution in [0.15, 0.2) is 48.7 Å². The maximum Gasteiger partial charge on any atom is 0.165 e. The van der Waals surface area contributed by atoms with E-state index >= 15 is 0 Å². The van der Waals surface area contributed by atoms with Crippen molar-refractivity contribution in [1.82, 2.24) is 19.6 Å². The number of aliphatic hydroxyl groups excluding tert-OH is 1. The molecule has 4 aromatic rings. The number of anilines is 1. The number of pyridine rings is 1. The van der Waals surface area contributed by atoms with E-state index in [1.807, 2.05) is 38.2 Å². The smallest absolute Gasteiger partial charge is 0.165 e. The predicted octanol–water partition coefficient (Wildman–Crippen LogP) is 4.08. The number of aliphatic hydroxyl groups is 1. The van der Waals surface area contributed by atoms with Gasteiger partial charge >= 0.3 is 0 Å². The Bertz CT molecular complexity index is 1260. The highest BCUT2D eigenvalue weighted by atomic mass is 35.5. The zero-order valence-electron chi connectivity index (χ0n) is 16.5. The van der Waals surface area contributed by atoms with E-state index in [0.29, 0.717) is 27.9 Å². The maximum absolute atomic E-state index is 9.35. The molecule has 0 unspecified atom stereocenters. The maximum atomic E-state index is 9.35. The minimum Gasteiger partial charge on any atom is -0.394 e. The number of nitrogens with zero attached hydrogens (tertiary/aromatic N) is 5. The van der Waals surface area contributed by atoms with Crippen molar-refractivity contribution in [2.45, 2.75) is 19.9 Å². The van der Waals surface area contributed by atoms with Gasteiger partial charge in [-0.15, -0.1) is 0 Å². The number of hydrogen-bond acceptors (Lipinski definition) is 6. The Hall–Kier alpha value is -3.47. The quantitative estimate of drug-likeness (QED) is 0.474. The van der Waals surface area contributed by atoms with E-state index in [-0.39, 0.29) is 12.6 Å². The van der Waals surface area contributed by atoms with Gasteiger partial charge in [-0.05, 0) is 49.7 Å². The van der Waals surface area contributed by atoms with E-state index in [9.17, 15) is 10.4 Å². The molecule has 0 saturated heterocycles. The molecule has 1 aromatic carbocycles. The average molecular weight is 419 g/mol. The first-order valence-corrected chi connectivity index (χ1v) is 9.78. The molecule has 0 aliphatic heterocycles. The number of hydrogen-bond donors (Lipinski definition) is 2. The summed E-state index contributed by atoms with van der Waals surface area (Å²) >= 11 is 6.24. The number of rotatable bonds is 5. The summed E-state index contributed by atoms with van der Waals surface area (Å²) in [5.74, 6) is 0.624. The number of halogens is 1. The van der Waals surface area contributed by atoms with Crippen LogP contribution < -0.4 is 5.32 Å². The lowest BCUT2D eigenvalue weighted by atomic mass is 10.00. The van der Waals surface area contributed by atoms with Crippen molar-refractivity contribution >= 4 is 23.1 Å². The van der Waals surface area contributed by atoms with Gasteiger partial charge in [0.25, 0.3) is 0 Å². The van der Waals surface area contributed by atoms with Gasteiger partial charge in [-0.3, -0.25) is 0 Å². The third-order valence-electron chi connectivity index (χ3n) is 4.63. The van der Waals surface area contributed by atoms with Crippen LogP contribution in [0.1, 0.15) is 18.2 Å². The molecule has 0 fully saturated rings. The zero-order chi connectivity index (χ0) is 21.3. The molecule has 1 atom stereocenters. The summed E-state index contributed by atoms with van der Waals surface area (Å²) in [4.78, 5) is 8.99. The molecule has 0 aliphatic rings. The highest BCUT2D eigenvalue weighted by molar-refractivity contribution is 6.29. The first-order valence-electron chi connectivity index (χ1n) is 9.40. The lowest BCUT2D eigenvalue weighted by Crippen LogP contribution is -2.20. The van der Waals surface area contributed by atoms with Crippen LogP contribution in [0.5, 0.6) is 0 Å². The molecule has 30 heavy (non-hydrogen) atoms. The second kappa shape index (κ2) is 8.11. The van der Waals surface area contributed by atoms with Gasteiger partial charge in [-0.25, -0.2) is 14.5 Å². The molecule has 0 spiro atoms. The number of nitrogens with one attached hydrogen (secondary N) is 1. The normalized spacial score (nSPS) is 12.0. The zero-order valence-corrected chi connectivity index (χ0v) is 17.2. The van der Waals surface area contributed by atoms with E-state index in [2.05, 4.69) is 16.4 Å². The minimum absolute atomic E-state index is 0.00958. The molecule has 2 N–H and O–H groups in total. The molecule has 3 aromatic heterocycles. The van der Waals surface area contributed by atoms with Crippen LogP contribution in [0, 0.1) is 18.3 Å². The van der Waals surface area contributed by atoms with Gasteiger partial charge in [0.05, 0.1) is 23.8 Å². The fourth-order valence-electron chi connectivity index (χ4n) is 3.28. The number of nitriles is 1. The van der Waals surface area contributed by atoms with Crippen LogP contribution >= 0.6 is 11.6 Å². The van der Waals surface area contributed by atoms with Crippen molar-refractivity contribution in [3.63, 3.8) is 0 Å². The number of fused-ring (bicyclic) bond motifs is 1. The van der Waals surface area contributed by atoms with Gasteiger partial charge in [-0.1, -0.05) is 23.7 Å². The first kappa shape index (κ1) is 19.8. The average Bonchev–Trinajstić information content (AvgIpc) is 3.12. The monoisotopic (exact) mass is 418 g/mol. The van der Waals surface area contributed by atoms with Gasteiger partial charge in [0, 0.05) is 23.5 Å². The van der Waals surface area contributed by atoms with Crippen LogP contribution in [-0.2, 0) is 0 Å². The molecule has 7 nitrogen and oxygen atoms in total. The number of aryl methyl sites for hydroxylation is 1. The Labute approximate surface area is 178 Å². The van der Waals surface area contributed by atoms with Crippen molar-refractivity contribution < 1.29 is 5.11 Å². The lowest BCUT2D eigenvalue weighted by molar-refractivity contribution is 0.281. The Balaban J connectivity index is 1.99. The Morgan fingerprint density at radius 1 is 1.20 bits per heavy atom. The fraction of sp³-hybridized carbons (Fsp3) is 0.182. The highest BCUT2D eigenvalue weighted by Crippen LogP contribution is 2.36. The van der Waals surface area contributed by atoms with Crippen molar-refractivity contribution in [2.24, 2.45) is 0 Å². The standard InChI is InChI=1S/C22H19ClN6O/c1-13-8-17(10-18(23)25-13)20-21(16-5-3-4-15(9-16)11-24)28-29-7-6-19(27-22(20)29)26-14(2)12-30/h3-10,14,30H,12H2,1-2H3,(H,26,27)/t14-/m1/s1. The van der Waals surface area contributed by atoms with Gasteiger partial charge < -0.3 is 10.4 Å². The summed E-state index contributed by atoms with van der Waals surface area (Å²) < 4.78 is 1.70. The molecule has 0 amide bonds. The van der Waals surface area contributed by atoms with E-state index in [0.717, 1.165) is 22.4 Å². The van der Waals surface area contributed by atoms with Crippen molar-refractivity contribution in [3.8, 4) is 28.5 Å². The third-order valence-corrected chi connectivity index (χ3v) is 4.82. The third kappa shape index (κ3) is 3.83. The molecule has 150 valence electrons. The Kier molecular flexibility index (Phi) is 5.36. The van der Waals surface area contributed by atoms with E-state index in [4.69, 9.17) is 21.7 Å². The SMILES string of the molecule is Cc1cc(-c2c(-c3cccc(C#N)c3)nn3ccc(N[C@H](C)CO)nc23)cc(Cl)n1. The van der Waals surface area contributed by atoms with Crippen LogP contribution in [0.25, 0.3) is 28.0 Å². The summed E-state index contributed by atoms with van der Waals surface area (Å²) in [6, 6.07) is 14.8. The second-order valence-corrected chi connectivity index (χ2v) is 7.43. The summed E-state index contributed by atoms with van der Waals surface area (Å²) in [5.41, 5.74) is 5.07. The van der Waals surface area contributed by atoms with Crippen molar-refractivity contribution in [3.05, 3.63) is 65.1 Å². The van der Waals surface area contributed by atoms with Gasteiger partial charge in [-0.2, -0.15) is 10.4 Å². The number of aromatic nitrogens is 4. The lowest BCUT2D eigenvalue weighted by Gasteiger charge is -2.11. The van der Waals surface area contributed by atoms with Gasteiger partial charge in [0.2, 0.25) is 0 Å². The predicted molar refractivity (Wildman–Crippen MR) is 116 cm³/mol. The van der Waals surface area contributed by atoms with Crippen LogP contribution in [-0.4, -0.2) is 37.3 Å². The largest absolute Gasteiger partial charge is 0.394 e. The van der Waals surface area contributed by atoms with E-state index in [1.54, 1.807) is 28.8 Å². The molecule has 0 aliphatic carbocycles. The van der Waals surface area contributed by atoms with E-state index in [1.165, 1.54) is 0 Å². The molecular formula is C22H19ClN6O. The summed E-state index contributed by atoms with van der Waals surface area (Å²) in [6.07, 6.45) is 1.81. The van der Waals surface area contributed by atoms with Crippen LogP contribution in [0.2, 0.25) is 5.15 Å². The fourth-order valence-corrected chi connectivity index (χ4v) is 3.53. The molecule has 0 bridgehead atoms. The summed E-state index contributed by atoms with van der Waals surface area (Å²) in [7, 11) is 0. The molecule has 0 saturated carbocycles. The molecule has 8 heteroatoms. The molecular weight excluding hydrogens is 400 g/mol. The van der Waals surface area contributed by atoms with E-state index < -0.39 is 0 Å². The summed E-state index contributed by atoms with van der Waals surface area (Å²) in [5, 5.41) is 26.9. The van der Waals surface area contributed by atoms with Crippen molar-refractivity contribution in [1.29, 1.82) is 5.26 Å². The van der Waals surface area contributed by atoms with Crippen LogP contribution in [0.4, 0.5) is 5.82 Å². The highest BCUT2D eigenvalue weighted by Gasteiger charge is 2.19. The molecule has 0 radical (unpaired) electrons. The summed E-state index contributed by atoms with van der Waals surface area (Å²) in [6.45, 7) is 3.73. The minimum atomic E-state index is -0.143. The van der Waals surface area contributed by atoms with Gasteiger partial charge in [0.15, 0.2) is 5.65 Å². The second-order valence-electron chi connectivity index (χ2n) is 7.05. The first-order chi connectivity index (χ1) is 14.5. The van der Waals surface area contributed by atoms with Gasteiger partial charge in [0.1, 0.15) is 16.7 Å². The Morgan fingerprint density at radius 2 is 2.03 bits per heavy atom. The molecule has 3 heterocycles. The van der Waals surface area contributed by atoms with Crippen molar-refractivity contribution in [2.75, 3.05) is 11.9 Å².